The van der Waals surface area contributed by atoms with Crippen LogP contribution in [-0.2, 0) is 4.79 Å². The molecule has 0 aromatic heterocycles. The van der Waals surface area contributed by atoms with Crippen LogP contribution in [0.3, 0.4) is 0 Å². The molecule has 108 valence electrons. The Hall–Kier alpha value is -0.650. The molecule has 0 spiro atoms. The van der Waals surface area contributed by atoms with E-state index < -0.39 is 5.97 Å². The molecule has 0 aliphatic carbocycles. The maximum atomic E-state index is 10.6. The SMILES string of the molecule is CC(C)CN(CCN(C)C)CCN(C)CC(=O)O. The molecule has 0 aromatic rings. The van der Waals surface area contributed by atoms with Crippen LogP contribution in [0.15, 0.2) is 0 Å². The molecule has 5 heteroatoms. The molecule has 0 aromatic carbocycles. The van der Waals surface area contributed by atoms with Crippen molar-refractivity contribution >= 4 is 5.97 Å². The summed E-state index contributed by atoms with van der Waals surface area (Å²) in [4.78, 5) is 17.0. The highest BCUT2D eigenvalue weighted by molar-refractivity contribution is 5.68. The van der Waals surface area contributed by atoms with E-state index in [0.717, 1.165) is 32.7 Å². The van der Waals surface area contributed by atoms with Crippen LogP contribution < -0.4 is 0 Å². The van der Waals surface area contributed by atoms with Crippen molar-refractivity contribution in [2.75, 3.05) is 60.4 Å². The number of hydrogen-bond acceptors (Lipinski definition) is 4. The van der Waals surface area contributed by atoms with Gasteiger partial charge in [0, 0.05) is 32.7 Å². The van der Waals surface area contributed by atoms with Gasteiger partial charge in [0.1, 0.15) is 0 Å². The topological polar surface area (TPSA) is 47.0 Å². The summed E-state index contributed by atoms with van der Waals surface area (Å²) < 4.78 is 0. The van der Waals surface area contributed by atoms with Gasteiger partial charge in [-0.2, -0.15) is 0 Å². The Labute approximate surface area is 111 Å². The highest BCUT2D eigenvalue weighted by Gasteiger charge is 2.10. The van der Waals surface area contributed by atoms with Gasteiger partial charge < -0.3 is 14.9 Å². The van der Waals surface area contributed by atoms with Crippen molar-refractivity contribution in [3.63, 3.8) is 0 Å². The molecule has 0 fully saturated rings. The first kappa shape index (κ1) is 17.4. The highest BCUT2D eigenvalue weighted by Crippen LogP contribution is 1.99. The lowest BCUT2D eigenvalue weighted by atomic mass is 10.2. The highest BCUT2D eigenvalue weighted by atomic mass is 16.4. The molecule has 0 saturated carbocycles. The Balaban J connectivity index is 4.02. The first-order valence-electron chi connectivity index (χ1n) is 6.58. The number of carbonyl (C=O) groups is 1. The molecule has 0 heterocycles. The second-order valence-electron chi connectivity index (χ2n) is 5.63. The molecule has 0 aliphatic heterocycles. The number of carboxylic acids is 1. The Bertz CT molecular complexity index is 232. The van der Waals surface area contributed by atoms with Crippen LogP contribution in [-0.4, -0.2) is 86.2 Å². The second-order valence-corrected chi connectivity index (χ2v) is 5.63. The van der Waals surface area contributed by atoms with Crippen LogP contribution >= 0.6 is 0 Å². The van der Waals surface area contributed by atoms with Crippen molar-refractivity contribution in [3.8, 4) is 0 Å². The lowest BCUT2D eigenvalue weighted by Crippen LogP contribution is -2.40. The molecule has 0 rings (SSSR count). The Morgan fingerprint density at radius 2 is 1.61 bits per heavy atom. The molecule has 0 amide bonds. The van der Waals surface area contributed by atoms with Gasteiger partial charge in [0.05, 0.1) is 6.54 Å². The van der Waals surface area contributed by atoms with E-state index in [2.05, 4.69) is 37.7 Å². The van der Waals surface area contributed by atoms with Crippen LogP contribution in [0, 0.1) is 5.92 Å². The molecule has 0 atom stereocenters. The third-order valence-electron chi connectivity index (χ3n) is 2.69. The van der Waals surface area contributed by atoms with Crippen molar-refractivity contribution in [3.05, 3.63) is 0 Å². The van der Waals surface area contributed by atoms with Crippen LogP contribution in [0.5, 0.6) is 0 Å². The van der Waals surface area contributed by atoms with E-state index in [1.54, 1.807) is 0 Å². The van der Waals surface area contributed by atoms with Gasteiger partial charge >= 0.3 is 5.97 Å². The van der Waals surface area contributed by atoms with Crippen molar-refractivity contribution in [2.24, 2.45) is 5.92 Å². The molecule has 0 unspecified atom stereocenters. The van der Waals surface area contributed by atoms with Gasteiger partial charge in [-0.25, -0.2) is 0 Å². The average Bonchev–Trinajstić information content (AvgIpc) is 2.20. The zero-order valence-electron chi connectivity index (χ0n) is 12.5. The summed E-state index contributed by atoms with van der Waals surface area (Å²) in [7, 11) is 6.00. The molecule has 18 heavy (non-hydrogen) atoms. The van der Waals surface area contributed by atoms with Crippen molar-refractivity contribution in [1.29, 1.82) is 0 Å². The minimum Gasteiger partial charge on any atom is -0.480 e. The summed E-state index contributed by atoms with van der Waals surface area (Å²) in [5, 5.41) is 8.71. The first-order chi connectivity index (χ1) is 8.31. The molecule has 0 radical (unpaired) electrons. The lowest BCUT2D eigenvalue weighted by Gasteiger charge is -2.27. The monoisotopic (exact) mass is 259 g/mol. The summed E-state index contributed by atoms with van der Waals surface area (Å²) in [5.74, 6) is -0.127. The zero-order chi connectivity index (χ0) is 14.1. The minimum atomic E-state index is -0.763. The standard InChI is InChI=1S/C13H29N3O2/c1-12(2)10-16(8-6-14(3)4)9-7-15(5)11-13(17)18/h12H,6-11H2,1-5H3,(H,17,18). The van der Waals surface area contributed by atoms with Gasteiger partial charge in [0.15, 0.2) is 0 Å². The maximum Gasteiger partial charge on any atom is 0.317 e. The fraction of sp³-hybridized carbons (Fsp3) is 0.923. The summed E-state index contributed by atoms with van der Waals surface area (Å²) in [6, 6.07) is 0. The summed E-state index contributed by atoms with van der Waals surface area (Å²) >= 11 is 0. The molecule has 0 saturated heterocycles. The predicted octanol–water partition coefficient (Wildman–Crippen LogP) is 0.522. The number of hydrogen-bond donors (Lipinski definition) is 1. The van der Waals surface area contributed by atoms with Crippen LogP contribution in [0.1, 0.15) is 13.8 Å². The van der Waals surface area contributed by atoms with Crippen molar-refractivity contribution in [2.45, 2.75) is 13.8 Å². The number of nitrogens with zero attached hydrogens (tertiary/aromatic N) is 3. The third kappa shape index (κ3) is 10.5. The van der Waals surface area contributed by atoms with E-state index >= 15 is 0 Å². The van der Waals surface area contributed by atoms with E-state index in [4.69, 9.17) is 5.11 Å². The maximum absolute atomic E-state index is 10.6. The minimum absolute atomic E-state index is 0.114. The number of aliphatic carboxylic acids is 1. The van der Waals surface area contributed by atoms with E-state index in [9.17, 15) is 4.79 Å². The Morgan fingerprint density at radius 3 is 2.06 bits per heavy atom. The van der Waals surface area contributed by atoms with Crippen LogP contribution in [0.4, 0.5) is 0 Å². The van der Waals surface area contributed by atoms with E-state index in [-0.39, 0.29) is 6.54 Å². The molecule has 0 aliphatic rings. The van der Waals surface area contributed by atoms with Gasteiger partial charge in [0.2, 0.25) is 0 Å². The molecular weight excluding hydrogens is 230 g/mol. The van der Waals surface area contributed by atoms with Gasteiger partial charge in [-0.15, -0.1) is 0 Å². The average molecular weight is 259 g/mol. The fourth-order valence-corrected chi connectivity index (χ4v) is 1.77. The van der Waals surface area contributed by atoms with Crippen LogP contribution in [0.25, 0.3) is 0 Å². The largest absolute Gasteiger partial charge is 0.480 e. The van der Waals surface area contributed by atoms with Crippen LogP contribution in [0.2, 0.25) is 0 Å². The van der Waals surface area contributed by atoms with E-state index in [0.29, 0.717) is 5.92 Å². The summed E-state index contributed by atoms with van der Waals surface area (Å²) in [6.07, 6.45) is 0. The number of carboxylic acid groups (broad SMARTS) is 1. The second kappa shape index (κ2) is 9.30. The fourth-order valence-electron chi connectivity index (χ4n) is 1.77. The predicted molar refractivity (Wildman–Crippen MR) is 75.0 cm³/mol. The van der Waals surface area contributed by atoms with Gasteiger partial charge in [-0.3, -0.25) is 9.69 Å². The summed E-state index contributed by atoms with van der Waals surface area (Å²) in [5.41, 5.74) is 0. The van der Waals surface area contributed by atoms with Crippen molar-refractivity contribution in [1.82, 2.24) is 14.7 Å². The Kier molecular flexibility index (Phi) is 8.97. The van der Waals surface area contributed by atoms with Gasteiger partial charge in [-0.1, -0.05) is 13.8 Å². The molecule has 1 N–H and O–H groups in total. The number of likely N-dealkylation sites (N-methyl/N-ethyl adjacent to an activating group) is 2. The van der Waals surface area contributed by atoms with Gasteiger partial charge in [-0.05, 0) is 27.1 Å². The summed E-state index contributed by atoms with van der Waals surface area (Å²) in [6.45, 7) is 9.40. The van der Waals surface area contributed by atoms with E-state index in [1.165, 1.54) is 0 Å². The normalized spacial score (nSPS) is 12.1. The first-order valence-corrected chi connectivity index (χ1v) is 6.58. The molecule has 0 bridgehead atoms. The van der Waals surface area contributed by atoms with E-state index in [1.807, 2.05) is 11.9 Å². The molecule has 5 nitrogen and oxygen atoms in total. The molecular formula is C13H29N3O2. The lowest BCUT2D eigenvalue weighted by molar-refractivity contribution is -0.138. The van der Waals surface area contributed by atoms with Crippen molar-refractivity contribution < 1.29 is 9.90 Å². The third-order valence-corrected chi connectivity index (χ3v) is 2.69. The zero-order valence-corrected chi connectivity index (χ0v) is 12.5. The van der Waals surface area contributed by atoms with Gasteiger partial charge in [0.25, 0.3) is 0 Å². The smallest absolute Gasteiger partial charge is 0.317 e. The Morgan fingerprint density at radius 1 is 1.06 bits per heavy atom. The quantitative estimate of drug-likeness (QED) is 0.620. The number of rotatable bonds is 10.